The third kappa shape index (κ3) is 6.24. The van der Waals surface area contributed by atoms with Crippen LogP contribution >= 0.6 is 0 Å². The maximum Gasteiger partial charge on any atom is 0.407 e. The van der Waals surface area contributed by atoms with Crippen LogP contribution in [0.15, 0.2) is 64.3 Å². The van der Waals surface area contributed by atoms with Crippen LogP contribution < -0.4 is 5.32 Å². The number of Topliss-reactive ketones (excluding diaryl/α,β-unsaturated/α-hetero) is 1. The van der Waals surface area contributed by atoms with Gasteiger partial charge in [0.25, 0.3) is 0 Å². The average Bonchev–Trinajstić information content (AvgIpc) is 3.66. The molecular weight excluding hydrogens is 706 g/mol. The third-order valence-electron chi connectivity index (χ3n) is 12.1. The van der Waals surface area contributed by atoms with E-state index in [2.05, 4.69) is 5.32 Å². The molecule has 1 aromatic carbocycles. The van der Waals surface area contributed by atoms with E-state index in [1.807, 2.05) is 13.8 Å². The number of alkyl carbamates (subject to hydrolysis) is 1. The number of esters is 2. The van der Waals surface area contributed by atoms with Gasteiger partial charge in [0.05, 0.1) is 42.7 Å². The molecule has 1 amide bonds. The van der Waals surface area contributed by atoms with Crippen molar-refractivity contribution in [3.8, 4) is 0 Å². The number of fused-ring (bicyclic) bond motifs is 5. The molecule has 0 radical (unpaired) electrons. The van der Waals surface area contributed by atoms with Crippen molar-refractivity contribution in [2.24, 2.45) is 22.7 Å². The summed E-state index contributed by atoms with van der Waals surface area (Å²) in [6.07, 6.45) is -10.1. The second-order valence-electron chi connectivity index (χ2n) is 16.1. The Morgan fingerprint density at radius 1 is 1.02 bits per heavy atom. The van der Waals surface area contributed by atoms with Gasteiger partial charge in [0.2, 0.25) is 0 Å². The quantitative estimate of drug-likeness (QED) is 0.122. The van der Waals surface area contributed by atoms with Gasteiger partial charge < -0.3 is 54.2 Å². The van der Waals surface area contributed by atoms with Gasteiger partial charge in [-0.25, -0.2) is 14.4 Å². The van der Waals surface area contributed by atoms with Crippen molar-refractivity contribution in [2.45, 2.75) is 108 Å². The Balaban J connectivity index is 1.43. The number of amides is 1. The molecule has 2 aromatic rings. The van der Waals surface area contributed by atoms with E-state index in [0.717, 1.165) is 0 Å². The number of furan rings is 1. The largest absolute Gasteiger partial charge is 0.467 e. The Kier molecular flexibility index (Phi) is 10.4. The number of hydrogen-bond donors (Lipinski definition) is 6. The summed E-state index contributed by atoms with van der Waals surface area (Å²) >= 11 is 0. The molecule has 6 rings (SSSR count). The first kappa shape index (κ1) is 39.6. The highest BCUT2D eigenvalue weighted by Gasteiger charge is 2.76. The summed E-state index contributed by atoms with van der Waals surface area (Å²) in [6.45, 7) is 9.33. The van der Waals surface area contributed by atoms with Crippen molar-refractivity contribution < 1.29 is 68.1 Å². The highest BCUT2D eigenvalue weighted by molar-refractivity contribution is 5.94. The number of benzene rings is 1. The Bertz CT molecular complexity index is 1790. The van der Waals surface area contributed by atoms with Crippen molar-refractivity contribution in [2.75, 3.05) is 13.2 Å². The van der Waals surface area contributed by atoms with Crippen LogP contribution in [0.2, 0.25) is 0 Å². The molecule has 54 heavy (non-hydrogen) atoms. The zero-order chi connectivity index (χ0) is 39.5. The minimum atomic E-state index is -2.32. The van der Waals surface area contributed by atoms with Gasteiger partial charge in [-0.05, 0) is 55.2 Å². The number of carbonyl (C=O) groups is 4. The van der Waals surface area contributed by atoms with Gasteiger partial charge in [0.1, 0.15) is 41.3 Å². The molecule has 3 aliphatic carbocycles. The first-order valence-corrected chi connectivity index (χ1v) is 18.1. The van der Waals surface area contributed by atoms with Crippen molar-refractivity contribution in [3.63, 3.8) is 0 Å². The van der Waals surface area contributed by atoms with Crippen LogP contribution in [0.1, 0.15) is 76.5 Å². The summed E-state index contributed by atoms with van der Waals surface area (Å²) in [5, 5.41) is 62.8. The first-order chi connectivity index (χ1) is 25.3. The van der Waals surface area contributed by atoms with E-state index in [4.69, 9.17) is 23.4 Å². The molecule has 15 nitrogen and oxygen atoms in total. The topological polar surface area (TPSA) is 232 Å². The molecule has 2 saturated carbocycles. The number of ether oxygens (including phenoxy) is 4. The van der Waals surface area contributed by atoms with E-state index in [1.54, 1.807) is 32.0 Å². The average molecular weight is 756 g/mol. The van der Waals surface area contributed by atoms with E-state index in [1.165, 1.54) is 44.4 Å². The number of aliphatic hydroxyl groups excluding tert-OH is 3. The molecule has 0 unspecified atom stereocenters. The van der Waals surface area contributed by atoms with Gasteiger partial charge in [0.15, 0.2) is 11.9 Å². The summed E-state index contributed by atoms with van der Waals surface area (Å²) in [7, 11) is 0. The predicted octanol–water partition coefficient (Wildman–Crippen LogP) is 2.14. The number of nitrogens with one attached hydrogen (secondary N) is 1. The van der Waals surface area contributed by atoms with Gasteiger partial charge >= 0.3 is 18.0 Å². The minimum Gasteiger partial charge on any atom is -0.467 e. The molecule has 15 heteroatoms. The lowest BCUT2D eigenvalue weighted by atomic mass is 9.44. The standard InChI is InChI=1S/C39H49NO14/c1-19(2)17-51-35(47)40-27(22-13-10-14-50-22)29(43)34(46)53-23-16-39(49)32(54-33(45)21-11-8-7-9-12-21)30-37(6,24(41)15-25-38(30,48)18-52-25)31(44)28(42)26(20(23)3)36(39,4)5/h7-14,19,23-25,27-30,32,41-43,48-49H,15-18H2,1-6H3,(H,40,47)/t23-,24-,25+,27-,28+,29+,30-,32-,37+,38-,39+/m0/s1. The van der Waals surface area contributed by atoms with Crippen LogP contribution in [0.3, 0.4) is 0 Å². The lowest BCUT2D eigenvalue weighted by molar-refractivity contribution is -0.343. The van der Waals surface area contributed by atoms with Crippen LogP contribution in [-0.4, -0.2) is 110 Å². The summed E-state index contributed by atoms with van der Waals surface area (Å²) in [5.41, 5.74) is -7.60. The fourth-order valence-corrected chi connectivity index (χ4v) is 8.91. The highest BCUT2D eigenvalue weighted by atomic mass is 16.6. The van der Waals surface area contributed by atoms with E-state index in [-0.39, 0.29) is 48.0 Å². The fourth-order valence-electron chi connectivity index (χ4n) is 8.91. The highest BCUT2D eigenvalue weighted by Crippen LogP contribution is 2.63. The third-order valence-corrected chi connectivity index (χ3v) is 12.1. The van der Waals surface area contributed by atoms with Crippen LogP contribution in [0.25, 0.3) is 0 Å². The molecule has 1 saturated heterocycles. The molecule has 11 atom stereocenters. The maximum absolute atomic E-state index is 14.6. The smallest absolute Gasteiger partial charge is 0.407 e. The molecule has 0 spiro atoms. The van der Waals surface area contributed by atoms with E-state index in [0.29, 0.717) is 0 Å². The van der Waals surface area contributed by atoms with Gasteiger partial charge in [-0.15, -0.1) is 0 Å². The Labute approximate surface area is 312 Å². The second-order valence-corrected chi connectivity index (χ2v) is 16.1. The molecule has 2 bridgehead atoms. The molecule has 1 aromatic heterocycles. The van der Waals surface area contributed by atoms with Crippen LogP contribution in [-0.2, 0) is 28.5 Å². The molecular formula is C39H49NO14. The SMILES string of the molecule is CC1=C2[C@@H](O)C(=O)[C@@]3(C)[C@H]([C@H](OC(=O)c4ccccc4)[C@](O)(C[C@@H]1OC(=O)[C@H](O)[C@@H](NC(=O)OCC(C)C)c1ccco1)C2(C)C)[C@]1(O)CO[C@@H]1C[C@@H]3O. The summed E-state index contributed by atoms with van der Waals surface area (Å²) < 4.78 is 28.3. The van der Waals surface area contributed by atoms with Crippen molar-refractivity contribution >= 4 is 23.8 Å². The Morgan fingerprint density at radius 3 is 2.30 bits per heavy atom. The number of aliphatic hydroxyl groups is 5. The molecule has 4 aliphatic rings. The number of hydrogen-bond acceptors (Lipinski definition) is 14. The van der Waals surface area contributed by atoms with Crippen molar-refractivity contribution in [3.05, 3.63) is 71.2 Å². The first-order valence-electron chi connectivity index (χ1n) is 18.1. The van der Waals surface area contributed by atoms with Gasteiger partial charge in [0, 0.05) is 24.2 Å². The van der Waals surface area contributed by atoms with Crippen molar-refractivity contribution in [1.82, 2.24) is 5.32 Å². The second kappa shape index (κ2) is 14.2. The van der Waals surface area contributed by atoms with E-state index in [9.17, 15) is 44.7 Å². The normalized spacial score (nSPS) is 35.3. The van der Waals surface area contributed by atoms with Crippen LogP contribution in [0.5, 0.6) is 0 Å². The van der Waals surface area contributed by atoms with Crippen LogP contribution in [0.4, 0.5) is 4.79 Å². The van der Waals surface area contributed by atoms with Crippen molar-refractivity contribution in [1.29, 1.82) is 0 Å². The molecule has 2 heterocycles. The monoisotopic (exact) mass is 755 g/mol. The number of carbonyl (C=O) groups excluding carboxylic acids is 4. The molecule has 294 valence electrons. The van der Waals surface area contributed by atoms with Crippen LogP contribution in [0, 0.1) is 22.7 Å². The Morgan fingerprint density at radius 2 is 1.70 bits per heavy atom. The van der Waals surface area contributed by atoms with Gasteiger partial charge in [-0.1, -0.05) is 45.9 Å². The summed E-state index contributed by atoms with van der Waals surface area (Å²) in [4.78, 5) is 55.0. The predicted molar refractivity (Wildman–Crippen MR) is 186 cm³/mol. The zero-order valence-corrected chi connectivity index (χ0v) is 31.1. The maximum atomic E-state index is 14.6. The fraction of sp³-hybridized carbons (Fsp3) is 0.590. The number of ketones is 1. The lowest BCUT2D eigenvalue weighted by Crippen LogP contribution is -2.81. The van der Waals surface area contributed by atoms with Gasteiger partial charge in [-0.3, -0.25) is 4.79 Å². The number of rotatable bonds is 9. The molecule has 1 aliphatic heterocycles. The Hall–Kier alpha value is -4.12. The lowest BCUT2D eigenvalue weighted by Gasteiger charge is -2.66. The molecule has 3 fully saturated rings. The zero-order valence-electron chi connectivity index (χ0n) is 31.1. The minimum absolute atomic E-state index is 0.000786. The van der Waals surface area contributed by atoms with E-state index < -0.39 is 101 Å². The molecule has 6 N–H and O–H groups in total. The summed E-state index contributed by atoms with van der Waals surface area (Å²) in [5.74, 6) is -4.62. The van der Waals surface area contributed by atoms with E-state index >= 15 is 0 Å². The van der Waals surface area contributed by atoms with Gasteiger partial charge in [-0.2, -0.15) is 0 Å². The summed E-state index contributed by atoms with van der Waals surface area (Å²) in [6, 6.07) is 9.29.